The van der Waals surface area contributed by atoms with Gasteiger partial charge in [0.15, 0.2) is 0 Å². The Morgan fingerprint density at radius 3 is 2.71 bits per heavy atom. The number of rotatable bonds is 1. The van der Waals surface area contributed by atoms with Crippen LogP contribution in [0.5, 0.6) is 0 Å². The highest BCUT2D eigenvalue weighted by Crippen LogP contribution is 2.06. The van der Waals surface area contributed by atoms with E-state index in [2.05, 4.69) is 15.7 Å². The standard InChI is InChI=1S/C8H8N4O2/c1-12-4-5(3-9-12)2-6-7(13)11-8(14)10-6/h2-4H,1H3,(H2,10,11,13,14)/b6-2+. The van der Waals surface area contributed by atoms with Crippen molar-refractivity contribution in [1.82, 2.24) is 20.4 Å². The van der Waals surface area contributed by atoms with Crippen LogP contribution < -0.4 is 10.6 Å². The Bertz CT molecular complexity index is 432. The normalized spacial score (nSPS) is 18.5. The van der Waals surface area contributed by atoms with Crippen LogP contribution in [-0.4, -0.2) is 21.7 Å². The fourth-order valence-electron chi connectivity index (χ4n) is 1.16. The number of carbonyl (C=O) groups is 2. The number of urea groups is 1. The molecule has 2 heterocycles. The summed E-state index contributed by atoms with van der Waals surface area (Å²) in [6.45, 7) is 0. The molecule has 0 unspecified atom stereocenters. The summed E-state index contributed by atoms with van der Waals surface area (Å²) >= 11 is 0. The Labute approximate surface area is 79.6 Å². The lowest BCUT2D eigenvalue weighted by Gasteiger charge is -1.90. The number of aryl methyl sites for hydroxylation is 1. The molecule has 0 aromatic carbocycles. The fraction of sp³-hybridized carbons (Fsp3) is 0.125. The van der Waals surface area contributed by atoms with Crippen LogP contribution in [0.4, 0.5) is 4.79 Å². The molecule has 2 N–H and O–H groups in total. The Morgan fingerprint density at radius 2 is 2.21 bits per heavy atom. The van der Waals surface area contributed by atoms with Crippen molar-refractivity contribution >= 4 is 18.0 Å². The summed E-state index contributed by atoms with van der Waals surface area (Å²) in [5.41, 5.74) is 1.00. The average molecular weight is 192 g/mol. The summed E-state index contributed by atoms with van der Waals surface area (Å²) in [7, 11) is 1.77. The van der Waals surface area contributed by atoms with Crippen molar-refractivity contribution in [3.63, 3.8) is 0 Å². The van der Waals surface area contributed by atoms with Crippen LogP contribution in [0.1, 0.15) is 5.56 Å². The molecule has 0 radical (unpaired) electrons. The maximum Gasteiger partial charge on any atom is 0.326 e. The number of imide groups is 1. The van der Waals surface area contributed by atoms with E-state index < -0.39 is 11.9 Å². The minimum atomic E-state index is -0.495. The maximum absolute atomic E-state index is 11.1. The van der Waals surface area contributed by atoms with Crippen molar-refractivity contribution in [2.45, 2.75) is 0 Å². The molecule has 6 nitrogen and oxygen atoms in total. The largest absolute Gasteiger partial charge is 0.326 e. The van der Waals surface area contributed by atoms with Gasteiger partial charge in [0, 0.05) is 18.8 Å². The van der Waals surface area contributed by atoms with Gasteiger partial charge < -0.3 is 5.32 Å². The molecule has 6 heteroatoms. The SMILES string of the molecule is Cn1cc(/C=C2/NC(=O)NC2=O)cn1. The highest BCUT2D eigenvalue weighted by molar-refractivity contribution is 6.13. The van der Waals surface area contributed by atoms with Crippen molar-refractivity contribution in [2.24, 2.45) is 7.05 Å². The number of carbonyl (C=O) groups excluding carboxylic acids is 2. The molecule has 0 bridgehead atoms. The second-order valence-corrected chi connectivity index (χ2v) is 2.91. The summed E-state index contributed by atoms with van der Waals surface area (Å²) in [5.74, 6) is -0.418. The zero-order valence-corrected chi connectivity index (χ0v) is 7.44. The molecule has 2 rings (SSSR count). The van der Waals surface area contributed by atoms with Crippen LogP contribution >= 0.6 is 0 Å². The first-order valence-electron chi connectivity index (χ1n) is 3.98. The van der Waals surface area contributed by atoms with Gasteiger partial charge in [-0.25, -0.2) is 4.79 Å². The maximum atomic E-state index is 11.1. The van der Waals surface area contributed by atoms with E-state index in [1.165, 1.54) is 0 Å². The van der Waals surface area contributed by atoms with E-state index in [-0.39, 0.29) is 5.70 Å². The molecule has 3 amide bonds. The molecule has 0 spiro atoms. The van der Waals surface area contributed by atoms with Crippen LogP contribution in [0.2, 0.25) is 0 Å². The summed E-state index contributed by atoms with van der Waals surface area (Å²) in [6, 6.07) is -0.495. The Hall–Kier alpha value is -2.11. The van der Waals surface area contributed by atoms with Gasteiger partial charge in [0.1, 0.15) is 5.70 Å². The van der Waals surface area contributed by atoms with Crippen molar-refractivity contribution in [2.75, 3.05) is 0 Å². The Balaban J connectivity index is 2.27. The lowest BCUT2D eigenvalue weighted by atomic mass is 10.3. The lowest BCUT2D eigenvalue weighted by molar-refractivity contribution is -0.115. The summed E-state index contributed by atoms with van der Waals surface area (Å²) in [5, 5.41) is 8.43. The third kappa shape index (κ3) is 1.49. The first-order chi connectivity index (χ1) is 6.65. The van der Waals surface area contributed by atoms with Gasteiger partial charge in [-0.05, 0) is 6.08 Å². The van der Waals surface area contributed by atoms with E-state index in [1.807, 2.05) is 0 Å². The fourth-order valence-corrected chi connectivity index (χ4v) is 1.16. The predicted octanol–water partition coefficient (Wildman–Crippen LogP) is -0.400. The van der Waals surface area contributed by atoms with Crippen molar-refractivity contribution < 1.29 is 9.59 Å². The monoisotopic (exact) mass is 192 g/mol. The first-order valence-corrected chi connectivity index (χ1v) is 3.98. The zero-order chi connectivity index (χ0) is 10.1. The van der Waals surface area contributed by atoms with Crippen molar-refractivity contribution in [1.29, 1.82) is 0 Å². The van der Waals surface area contributed by atoms with E-state index in [4.69, 9.17) is 0 Å². The molecule has 1 saturated heterocycles. The molecular formula is C8H8N4O2. The molecule has 0 atom stereocenters. The predicted molar refractivity (Wildman–Crippen MR) is 47.9 cm³/mol. The highest BCUT2D eigenvalue weighted by Gasteiger charge is 2.22. The second kappa shape index (κ2) is 2.99. The smallest absolute Gasteiger partial charge is 0.303 e. The molecule has 72 valence electrons. The van der Waals surface area contributed by atoms with Gasteiger partial charge in [-0.1, -0.05) is 0 Å². The van der Waals surface area contributed by atoms with Gasteiger partial charge in [-0.2, -0.15) is 5.10 Å². The number of nitrogens with one attached hydrogen (secondary N) is 2. The summed E-state index contributed by atoms with van der Waals surface area (Å²) in [6.07, 6.45) is 4.91. The molecule has 0 aliphatic carbocycles. The quantitative estimate of drug-likeness (QED) is 0.469. The molecule has 1 fully saturated rings. The summed E-state index contributed by atoms with van der Waals surface area (Å²) < 4.78 is 1.61. The van der Waals surface area contributed by atoms with Gasteiger partial charge in [-0.15, -0.1) is 0 Å². The highest BCUT2D eigenvalue weighted by atomic mass is 16.2. The van der Waals surface area contributed by atoms with Gasteiger partial charge in [0.2, 0.25) is 0 Å². The third-order valence-electron chi connectivity index (χ3n) is 1.76. The topological polar surface area (TPSA) is 76.0 Å². The van der Waals surface area contributed by atoms with Crippen LogP contribution in [0.15, 0.2) is 18.1 Å². The molecule has 1 aliphatic rings. The number of hydrogen-bond donors (Lipinski definition) is 2. The number of hydrogen-bond acceptors (Lipinski definition) is 3. The third-order valence-corrected chi connectivity index (χ3v) is 1.76. The van der Waals surface area contributed by atoms with E-state index >= 15 is 0 Å². The second-order valence-electron chi connectivity index (χ2n) is 2.91. The van der Waals surface area contributed by atoms with E-state index in [9.17, 15) is 9.59 Å². The number of amides is 3. The van der Waals surface area contributed by atoms with E-state index in [1.54, 1.807) is 30.2 Å². The molecule has 1 aromatic heterocycles. The number of nitrogens with zero attached hydrogens (tertiary/aromatic N) is 2. The van der Waals surface area contributed by atoms with Crippen LogP contribution in [0.3, 0.4) is 0 Å². The minimum absolute atomic E-state index is 0.239. The Kier molecular flexibility index (Phi) is 1.81. The lowest BCUT2D eigenvalue weighted by Crippen LogP contribution is -2.22. The van der Waals surface area contributed by atoms with Crippen LogP contribution in [0.25, 0.3) is 6.08 Å². The van der Waals surface area contributed by atoms with Crippen molar-refractivity contribution in [3.05, 3.63) is 23.7 Å². The molecule has 0 saturated carbocycles. The van der Waals surface area contributed by atoms with Gasteiger partial charge in [0.25, 0.3) is 5.91 Å². The minimum Gasteiger partial charge on any atom is -0.303 e. The molecule has 1 aromatic rings. The first kappa shape index (κ1) is 8.49. The van der Waals surface area contributed by atoms with E-state index in [0.717, 1.165) is 5.56 Å². The molecule has 1 aliphatic heterocycles. The zero-order valence-electron chi connectivity index (χ0n) is 7.44. The van der Waals surface area contributed by atoms with Crippen LogP contribution in [0, 0.1) is 0 Å². The van der Waals surface area contributed by atoms with Gasteiger partial charge in [-0.3, -0.25) is 14.8 Å². The van der Waals surface area contributed by atoms with E-state index in [0.29, 0.717) is 0 Å². The molecular weight excluding hydrogens is 184 g/mol. The molecule has 14 heavy (non-hydrogen) atoms. The number of aromatic nitrogens is 2. The summed E-state index contributed by atoms with van der Waals surface area (Å²) in [4.78, 5) is 21.9. The van der Waals surface area contributed by atoms with Gasteiger partial charge >= 0.3 is 6.03 Å². The van der Waals surface area contributed by atoms with Gasteiger partial charge in [0.05, 0.1) is 6.20 Å². The Morgan fingerprint density at radius 1 is 1.43 bits per heavy atom. The van der Waals surface area contributed by atoms with Crippen LogP contribution in [-0.2, 0) is 11.8 Å². The van der Waals surface area contributed by atoms with Crippen molar-refractivity contribution in [3.8, 4) is 0 Å². The average Bonchev–Trinajstić information content (AvgIpc) is 2.61.